The molecule has 4 nitrogen and oxygen atoms in total. The van der Waals surface area contributed by atoms with Crippen molar-refractivity contribution in [1.29, 1.82) is 0 Å². The largest absolute Gasteiger partial charge is 0.504 e. The average Bonchev–Trinajstić information content (AvgIpc) is 2.26. The molecule has 0 aromatic heterocycles. The van der Waals surface area contributed by atoms with Crippen molar-refractivity contribution in [2.24, 2.45) is 0 Å². The predicted molar refractivity (Wildman–Crippen MR) is 60.3 cm³/mol. The van der Waals surface area contributed by atoms with Crippen LogP contribution in [0.1, 0.15) is 12.5 Å². The molecule has 0 fully saturated rings. The van der Waals surface area contributed by atoms with Crippen molar-refractivity contribution in [2.45, 2.75) is 6.92 Å². The van der Waals surface area contributed by atoms with Gasteiger partial charge in [0.15, 0.2) is 11.5 Å². The molecule has 86 valence electrons. The first-order valence-electron chi connectivity index (χ1n) is 4.80. The van der Waals surface area contributed by atoms with Crippen LogP contribution >= 0.6 is 0 Å². The monoisotopic (exact) mass is 222 g/mol. The van der Waals surface area contributed by atoms with Crippen LogP contribution in [0.4, 0.5) is 0 Å². The normalized spacial score (nSPS) is 10.4. The molecule has 16 heavy (non-hydrogen) atoms. The van der Waals surface area contributed by atoms with Crippen LogP contribution in [-0.4, -0.2) is 24.8 Å². The summed E-state index contributed by atoms with van der Waals surface area (Å²) in [5, 5.41) is 9.36. The summed E-state index contributed by atoms with van der Waals surface area (Å²) in [6.07, 6.45) is 3.50. The van der Waals surface area contributed by atoms with E-state index in [1.807, 2.05) is 0 Å². The Hall–Kier alpha value is -1.97. The Bertz CT molecular complexity index is 396. The fourth-order valence-corrected chi connectivity index (χ4v) is 1.15. The van der Waals surface area contributed by atoms with E-state index >= 15 is 0 Å². The number of aromatic hydroxyl groups is 1. The molecular weight excluding hydrogens is 208 g/mol. The number of rotatable bonds is 4. The molecule has 4 heteroatoms. The van der Waals surface area contributed by atoms with E-state index in [0.29, 0.717) is 5.75 Å². The van der Waals surface area contributed by atoms with Crippen LogP contribution in [-0.2, 0) is 9.53 Å². The SMILES string of the molecule is COc1cc(C=CCOC(C)=O)ccc1O. The van der Waals surface area contributed by atoms with E-state index in [9.17, 15) is 9.90 Å². The van der Waals surface area contributed by atoms with Gasteiger partial charge in [0.1, 0.15) is 6.61 Å². The van der Waals surface area contributed by atoms with E-state index in [1.54, 1.807) is 30.4 Å². The highest BCUT2D eigenvalue weighted by molar-refractivity contribution is 5.66. The summed E-state index contributed by atoms with van der Waals surface area (Å²) in [7, 11) is 1.49. The van der Waals surface area contributed by atoms with Gasteiger partial charge in [-0.25, -0.2) is 0 Å². The van der Waals surface area contributed by atoms with E-state index in [1.165, 1.54) is 14.0 Å². The van der Waals surface area contributed by atoms with Crippen molar-refractivity contribution in [1.82, 2.24) is 0 Å². The van der Waals surface area contributed by atoms with Crippen LogP contribution in [0.3, 0.4) is 0 Å². The van der Waals surface area contributed by atoms with Crippen molar-refractivity contribution < 1.29 is 19.4 Å². The minimum absolute atomic E-state index is 0.0969. The van der Waals surface area contributed by atoms with Gasteiger partial charge in [0, 0.05) is 6.92 Å². The van der Waals surface area contributed by atoms with Gasteiger partial charge in [0.05, 0.1) is 7.11 Å². The smallest absolute Gasteiger partial charge is 0.302 e. The van der Waals surface area contributed by atoms with E-state index in [4.69, 9.17) is 9.47 Å². The van der Waals surface area contributed by atoms with Crippen molar-refractivity contribution in [2.75, 3.05) is 13.7 Å². The molecule has 0 radical (unpaired) electrons. The van der Waals surface area contributed by atoms with E-state index in [-0.39, 0.29) is 18.3 Å². The van der Waals surface area contributed by atoms with E-state index in [2.05, 4.69) is 0 Å². The Labute approximate surface area is 94.1 Å². The molecule has 0 saturated heterocycles. The lowest BCUT2D eigenvalue weighted by Gasteiger charge is -2.03. The molecule has 1 aromatic carbocycles. The number of methoxy groups -OCH3 is 1. The molecule has 0 aliphatic heterocycles. The van der Waals surface area contributed by atoms with Gasteiger partial charge < -0.3 is 14.6 Å². The van der Waals surface area contributed by atoms with Crippen LogP contribution in [0.5, 0.6) is 11.5 Å². The first-order valence-corrected chi connectivity index (χ1v) is 4.80. The quantitative estimate of drug-likeness (QED) is 0.791. The first-order chi connectivity index (χ1) is 7.63. The van der Waals surface area contributed by atoms with Gasteiger partial charge in [-0.2, -0.15) is 0 Å². The molecular formula is C12H14O4. The standard InChI is InChI=1S/C12H14O4/c1-9(13)16-7-3-4-10-5-6-11(14)12(8-10)15-2/h3-6,8,14H,7H2,1-2H3. The van der Waals surface area contributed by atoms with Crippen molar-refractivity contribution in [3.8, 4) is 11.5 Å². The second-order valence-electron chi connectivity index (χ2n) is 3.14. The van der Waals surface area contributed by atoms with E-state index in [0.717, 1.165) is 5.56 Å². The van der Waals surface area contributed by atoms with Crippen molar-refractivity contribution >= 4 is 12.0 Å². The zero-order valence-electron chi connectivity index (χ0n) is 9.27. The third-order valence-corrected chi connectivity index (χ3v) is 1.90. The first kappa shape index (κ1) is 12.1. The third-order valence-electron chi connectivity index (χ3n) is 1.90. The maximum absolute atomic E-state index is 10.5. The number of carbonyl (C=O) groups excluding carboxylic acids is 1. The van der Waals surface area contributed by atoms with Gasteiger partial charge in [0.2, 0.25) is 0 Å². The summed E-state index contributed by atoms with van der Waals surface area (Å²) in [6.45, 7) is 1.59. The van der Waals surface area contributed by atoms with Gasteiger partial charge in [-0.3, -0.25) is 4.79 Å². The molecule has 0 heterocycles. The van der Waals surface area contributed by atoms with Crippen LogP contribution in [0, 0.1) is 0 Å². The van der Waals surface area contributed by atoms with Gasteiger partial charge in [-0.15, -0.1) is 0 Å². The maximum Gasteiger partial charge on any atom is 0.302 e. The number of phenolic OH excluding ortho intramolecular Hbond substituents is 1. The second-order valence-corrected chi connectivity index (χ2v) is 3.14. The van der Waals surface area contributed by atoms with Crippen LogP contribution < -0.4 is 4.74 Å². The molecule has 0 bridgehead atoms. The highest BCUT2D eigenvalue weighted by Crippen LogP contribution is 2.26. The summed E-state index contributed by atoms with van der Waals surface area (Å²) in [6, 6.07) is 4.98. The minimum Gasteiger partial charge on any atom is -0.504 e. The lowest BCUT2D eigenvalue weighted by Crippen LogP contribution is -1.97. The lowest BCUT2D eigenvalue weighted by atomic mass is 10.2. The van der Waals surface area contributed by atoms with Crippen molar-refractivity contribution in [3.05, 3.63) is 29.8 Å². The Morgan fingerprint density at radius 3 is 2.88 bits per heavy atom. The average molecular weight is 222 g/mol. The number of ether oxygens (including phenoxy) is 2. The van der Waals surface area contributed by atoms with Gasteiger partial charge in [-0.05, 0) is 23.8 Å². The minimum atomic E-state index is -0.312. The summed E-state index contributed by atoms with van der Waals surface area (Å²) in [5.74, 6) is 0.196. The van der Waals surface area contributed by atoms with Gasteiger partial charge in [-0.1, -0.05) is 12.1 Å². The molecule has 0 aliphatic carbocycles. The number of hydrogen-bond acceptors (Lipinski definition) is 4. The molecule has 0 unspecified atom stereocenters. The summed E-state index contributed by atoms with van der Waals surface area (Å²) in [4.78, 5) is 10.5. The Balaban J connectivity index is 2.63. The second kappa shape index (κ2) is 5.80. The molecule has 0 amide bonds. The van der Waals surface area contributed by atoms with Gasteiger partial charge >= 0.3 is 5.97 Å². The zero-order valence-corrected chi connectivity index (χ0v) is 9.27. The molecule has 0 atom stereocenters. The summed E-state index contributed by atoms with van der Waals surface area (Å²) < 4.78 is 9.70. The van der Waals surface area contributed by atoms with Crippen molar-refractivity contribution in [3.63, 3.8) is 0 Å². The molecule has 1 aromatic rings. The van der Waals surface area contributed by atoms with Crippen LogP contribution in [0.25, 0.3) is 6.08 Å². The summed E-state index contributed by atoms with van der Waals surface area (Å²) in [5.41, 5.74) is 0.863. The molecule has 0 spiro atoms. The topological polar surface area (TPSA) is 55.8 Å². The molecule has 1 N–H and O–H groups in total. The fourth-order valence-electron chi connectivity index (χ4n) is 1.15. The zero-order chi connectivity index (χ0) is 12.0. The highest BCUT2D eigenvalue weighted by atomic mass is 16.5. The number of hydrogen-bond donors (Lipinski definition) is 1. The predicted octanol–water partition coefficient (Wildman–Crippen LogP) is 1.98. The Kier molecular flexibility index (Phi) is 4.39. The Morgan fingerprint density at radius 1 is 1.50 bits per heavy atom. The third kappa shape index (κ3) is 3.65. The molecule has 0 saturated carbocycles. The van der Waals surface area contributed by atoms with Crippen LogP contribution in [0.15, 0.2) is 24.3 Å². The molecule has 0 aliphatic rings. The maximum atomic E-state index is 10.5. The van der Waals surface area contributed by atoms with E-state index < -0.39 is 0 Å². The Morgan fingerprint density at radius 2 is 2.25 bits per heavy atom. The number of esters is 1. The number of phenols is 1. The number of carbonyl (C=O) groups is 1. The fraction of sp³-hybridized carbons (Fsp3) is 0.250. The summed E-state index contributed by atoms with van der Waals surface area (Å²) >= 11 is 0. The molecule has 1 rings (SSSR count). The lowest BCUT2D eigenvalue weighted by molar-refractivity contribution is -0.139. The van der Waals surface area contributed by atoms with Crippen LogP contribution in [0.2, 0.25) is 0 Å². The van der Waals surface area contributed by atoms with Gasteiger partial charge in [0.25, 0.3) is 0 Å². The highest BCUT2D eigenvalue weighted by Gasteiger charge is 1.99. The number of benzene rings is 1.